The number of ether oxygens (including phenoxy) is 2. The van der Waals surface area contributed by atoms with Gasteiger partial charge in [-0.05, 0) is 49.2 Å². The Labute approximate surface area is 217 Å². The first-order chi connectivity index (χ1) is 18.3. The Bertz CT molecular complexity index is 1710. The third-order valence-electron chi connectivity index (χ3n) is 6.26. The summed E-state index contributed by atoms with van der Waals surface area (Å²) in [6.07, 6.45) is 3.27. The van der Waals surface area contributed by atoms with Gasteiger partial charge >= 0.3 is 0 Å². The quantitative estimate of drug-likeness (QED) is 0.272. The molecule has 5 aromatic rings. The van der Waals surface area contributed by atoms with E-state index in [4.69, 9.17) is 9.47 Å². The van der Waals surface area contributed by atoms with Crippen LogP contribution in [-0.4, -0.2) is 27.8 Å². The highest BCUT2D eigenvalue weighted by Gasteiger charge is 2.20. The van der Waals surface area contributed by atoms with Crippen LogP contribution in [0.3, 0.4) is 0 Å². The minimum Gasteiger partial charge on any atom is -0.495 e. The molecule has 0 bridgehead atoms. The molecule has 0 amide bonds. The van der Waals surface area contributed by atoms with Crippen molar-refractivity contribution < 1.29 is 18.7 Å². The highest BCUT2D eigenvalue weighted by atomic mass is 19.1. The predicted molar refractivity (Wildman–Crippen MR) is 143 cm³/mol. The fourth-order valence-electron chi connectivity index (χ4n) is 4.43. The normalized spacial score (nSPS) is 10.9. The predicted octanol–water partition coefficient (Wildman–Crippen LogP) is 5.97. The van der Waals surface area contributed by atoms with Crippen molar-refractivity contribution in [2.75, 3.05) is 7.11 Å². The number of pyridine rings is 3. The molecule has 38 heavy (non-hydrogen) atoms. The van der Waals surface area contributed by atoms with Gasteiger partial charge in [0.05, 0.1) is 24.4 Å². The van der Waals surface area contributed by atoms with Gasteiger partial charge in [0.15, 0.2) is 11.5 Å². The van der Waals surface area contributed by atoms with E-state index in [1.54, 1.807) is 69.7 Å². The van der Waals surface area contributed by atoms with Gasteiger partial charge < -0.3 is 14.5 Å². The van der Waals surface area contributed by atoms with E-state index in [1.165, 1.54) is 24.3 Å². The molecule has 190 valence electrons. The molecule has 0 aliphatic heterocycles. The standard InChI is InChI=1S/C30H24FN3O4/c1-17-27(20-6-8-21(31)9-7-20)30(36)28(18(2)34-17)25(35)14-19-4-10-22(11-5-19)38-26-12-13-32-24-15-23(37-3)16-33-29(24)26/h4-13,15-16H,14H2,1-3H3,(H,34,36). The van der Waals surface area contributed by atoms with Crippen LogP contribution in [0.2, 0.25) is 0 Å². The molecule has 0 saturated heterocycles. The molecule has 0 fully saturated rings. The molecule has 0 unspecified atom stereocenters. The Morgan fingerprint density at radius 1 is 0.947 bits per heavy atom. The van der Waals surface area contributed by atoms with Gasteiger partial charge in [0.1, 0.15) is 22.8 Å². The summed E-state index contributed by atoms with van der Waals surface area (Å²) in [4.78, 5) is 38.4. The summed E-state index contributed by atoms with van der Waals surface area (Å²) in [5.41, 5.74) is 3.72. The zero-order chi connectivity index (χ0) is 26.8. The van der Waals surface area contributed by atoms with Crippen molar-refractivity contribution in [2.24, 2.45) is 0 Å². The zero-order valence-electron chi connectivity index (χ0n) is 21.0. The molecule has 0 radical (unpaired) electrons. The summed E-state index contributed by atoms with van der Waals surface area (Å²) >= 11 is 0. The second-order valence-electron chi connectivity index (χ2n) is 8.86. The van der Waals surface area contributed by atoms with Gasteiger partial charge in [-0.1, -0.05) is 24.3 Å². The topological polar surface area (TPSA) is 94.2 Å². The number of methoxy groups -OCH3 is 1. The van der Waals surface area contributed by atoms with Crippen LogP contribution in [0, 0.1) is 19.7 Å². The second-order valence-corrected chi connectivity index (χ2v) is 8.86. The Balaban J connectivity index is 1.37. The zero-order valence-corrected chi connectivity index (χ0v) is 21.0. The fraction of sp³-hybridized carbons (Fsp3) is 0.133. The first-order valence-corrected chi connectivity index (χ1v) is 11.9. The van der Waals surface area contributed by atoms with Crippen molar-refractivity contribution in [1.82, 2.24) is 15.0 Å². The van der Waals surface area contributed by atoms with Gasteiger partial charge in [0.25, 0.3) is 0 Å². The van der Waals surface area contributed by atoms with Gasteiger partial charge in [0, 0.05) is 41.7 Å². The van der Waals surface area contributed by atoms with Crippen LogP contribution in [0.25, 0.3) is 22.2 Å². The maximum Gasteiger partial charge on any atom is 0.200 e. The molecule has 0 spiro atoms. The van der Waals surface area contributed by atoms with E-state index < -0.39 is 5.82 Å². The molecule has 3 heterocycles. The molecule has 1 N–H and O–H groups in total. The number of aromatic amines is 1. The summed E-state index contributed by atoms with van der Waals surface area (Å²) in [7, 11) is 1.57. The number of nitrogens with zero attached hydrogens (tertiary/aromatic N) is 2. The third kappa shape index (κ3) is 4.88. The first kappa shape index (κ1) is 24.8. The highest BCUT2D eigenvalue weighted by Crippen LogP contribution is 2.29. The second kappa shape index (κ2) is 10.3. The monoisotopic (exact) mass is 509 g/mol. The van der Waals surface area contributed by atoms with Crippen LogP contribution in [0.1, 0.15) is 27.3 Å². The van der Waals surface area contributed by atoms with Crippen molar-refractivity contribution in [2.45, 2.75) is 20.3 Å². The summed E-state index contributed by atoms with van der Waals surface area (Å²) in [6.45, 7) is 3.47. The number of carbonyl (C=O) groups is 1. The van der Waals surface area contributed by atoms with Crippen LogP contribution < -0.4 is 14.9 Å². The van der Waals surface area contributed by atoms with Crippen molar-refractivity contribution in [1.29, 1.82) is 0 Å². The Morgan fingerprint density at radius 3 is 2.39 bits per heavy atom. The number of fused-ring (bicyclic) bond motifs is 1. The molecule has 0 saturated carbocycles. The molecule has 3 aromatic heterocycles. The van der Waals surface area contributed by atoms with E-state index in [-0.39, 0.29) is 23.2 Å². The first-order valence-electron chi connectivity index (χ1n) is 11.9. The minimum absolute atomic E-state index is 0.0374. The summed E-state index contributed by atoms with van der Waals surface area (Å²) in [5, 5.41) is 0. The summed E-state index contributed by atoms with van der Waals surface area (Å²) < 4.78 is 24.6. The van der Waals surface area contributed by atoms with Crippen LogP contribution in [0.15, 0.2) is 77.9 Å². The number of carbonyl (C=O) groups excluding carboxylic acids is 1. The van der Waals surface area contributed by atoms with Gasteiger partial charge in [0.2, 0.25) is 5.43 Å². The molecule has 2 aromatic carbocycles. The molecule has 5 rings (SSSR count). The SMILES string of the molecule is COc1cnc2c(Oc3ccc(CC(=O)c4c(C)[nH]c(C)c(-c5ccc(F)cc5)c4=O)cc3)ccnc2c1. The van der Waals surface area contributed by atoms with Crippen molar-refractivity contribution in [3.63, 3.8) is 0 Å². The van der Waals surface area contributed by atoms with Crippen molar-refractivity contribution in [3.05, 3.63) is 112 Å². The summed E-state index contributed by atoms with van der Waals surface area (Å²) in [5.74, 6) is 1.00. The fourth-order valence-corrected chi connectivity index (χ4v) is 4.43. The lowest BCUT2D eigenvalue weighted by Gasteiger charge is -2.12. The van der Waals surface area contributed by atoms with Crippen LogP contribution in [0.4, 0.5) is 4.39 Å². The molecule has 0 aliphatic rings. The number of halogens is 1. The molecule has 0 atom stereocenters. The number of benzene rings is 2. The van der Waals surface area contributed by atoms with Crippen molar-refractivity contribution in [3.8, 4) is 28.4 Å². The van der Waals surface area contributed by atoms with Crippen molar-refractivity contribution >= 4 is 16.8 Å². The smallest absolute Gasteiger partial charge is 0.200 e. The maximum atomic E-state index is 13.4. The number of aromatic nitrogens is 3. The van der Waals surface area contributed by atoms with E-state index in [0.717, 1.165) is 5.56 Å². The highest BCUT2D eigenvalue weighted by molar-refractivity contribution is 5.99. The average Bonchev–Trinajstić information content (AvgIpc) is 2.90. The Kier molecular flexibility index (Phi) is 6.70. The molecule has 7 nitrogen and oxygen atoms in total. The van der Waals surface area contributed by atoms with Crippen LogP contribution in [0.5, 0.6) is 17.2 Å². The van der Waals surface area contributed by atoms with E-state index in [9.17, 15) is 14.0 Å². The minimum atomic E-state index is -0.396. The summed E-state index contributed by atoms with van der Waals surface area (Å²) in [6, 6.07) is 16.2. The number of H-pyrrole nitrogens is 1. The Morgan fingerprint density at radius 2 is 1.68 bits per heavy atom. The molecular formula is C30H24FN3O4. The molecule has 8 heteroatoms. The number of ketones is 1. The van der Waals surface area contributed by atoms with Gasteiger partial charge in [-0.3, -0.25) is 14.6 Å². The lowest BCUT2D eigenvalue weighted by Crippen LogP contribution is -2.22. The average molecular weight is 510 g/mol. The van der Waals surface area contributed by atoms with E-state index in [1.807, 2.05) is 0 Å². The third-order valence-corrected chi connectivity index (χ3v) is 6.26. The van der Waals surface area contributed by atoms with E-state index >= 15 is 0 Å². The number of Topliss-reactive ketones (excluding diaryl/α,β-unsaturated/α-hetero) is 1. The largest absolute Gasteiger partial charge is 0.495 e. The van der Waals surface area contributed by atoms with Crippen LogP contribution >= 0.6 is 0 Å². The van der Waals surface area contributed by atoms with Crippen LogP contribution in [-0.2, 0) is 6.42 Å². The number of rotatable bonds is 7. The maximum absolute atomic E-state index is 13.4. The molecule has 0 aliphatic carbocycles. The molecular weight excluding hydrogens is 485 g/mol. The number of aryl methyl sites for hydroxylation is 2. The Hall–Kier alpha value is -4.85. The van der Waals surface area contributed by atoms with Gasteiger partial charge in [-0.25, -0.2) is 9.37 Å². The number of hydrogen-bond donors (Lipinski definition) is 1. The lowest BCUT2D eigenvalue weighted by atomic mass is 9.96. The van der Waals surface area contributed by atoms with Gasteiger partial charge in [-0.2, -0.15) is 0 Å². The number of hydrogen-bond acceptors (Lipinski definition) is 6. The van der Waals surface area contributed by atoms with Gasteiger partial charge in [-0.15, -0.1) is 0 Å². The number of nitrogens with one attached hydrogen (secondary N) is 1. The van der Waals surface area contributed by atoms with E-state index in [0.29, 0.717) is 50.8 Å². The van der Waals surface area contributed by atoms with E-state index in [2.05, 4.69) is 15.0 Å². The lowest BCUT2D eigenvalue weighted by molar-refractivity contribution is 0.0991.